The van der Waals surface area contributed by atoms with Gasteiger partial charge in [0, 0.05) is 30.1 Å². The van der Waals surface area contributed by atoms with Gasteiger partial charge in [-0.15, -0.1) is 0 Å². The third kappa shape index (κ3) is 4.95. The summed E-state index contributed by atoms with van der Waals surface area (Å²) in [5, 5.41) is 5.81. The van der Waals surface area contributed by atoms with Crippen LogP contribution < -0.4 is 21.1 Å². The lowest BCUT2D eigenvalue weighted by Gasteiger charge is -2.10. The monoisotopic (exact) mass is 251 g/mol. The van der Waals surface area contributed by atoms with E-state index in [0.717, 1.165) is 12.1 Å². The van der Waals surface area contributed by atoms with Gasteiger partial charge in [0.25, 0.3) is 0 Å². The summed E-state index contributed by atoms with van der Waals surface area (Å²) in [7, 11) is 0. The molecule has 18 heavy (non-hydrogen) atoms. The quantitative estimate of drug-likeness (QED) is 0.643. The number of anilines is 2. The number of nitrogens with two attached hydrogens (primary N) is 1. The van der Waals surface area contributed by atoms with Crippen molar-refractivity contribution >= 4 is 17.3 Å². The van der Waals surface area contributed by atoms with Crippen LogP contribution in [0, 0.1) is 0 Å². The maximum Gasteiger partial charge on any atom is 0.239 e. The minimum atomic E-state index is -0.0303. The fraction of sp³-hybridized carbons (Fsp3) is 0.462. The Morgan fingerprint density at radius 1 is 1.33 bits per heavy atom. The number of amides is 1. The number of hydrogen-bond acceptors (Lipinski definition) is 4. The van der Waals surface area contributed by atoms with Crippen molar-refractivity contribution in [2.75, 3.05) is 30.7 Å². The van der Waals surface area contributed by atoms with Crippen molar-refractivity contribution < 1.29 is 9.53 Å². The van der Waals surface area contributed by atoms with E-state index < -0.39 is 0 Å². The summed E-state index contributed by atoms with van der Waals surface area (Å²) in [6.07, 6.45) is 0.929. The van der Waals surface area contributed by atoms with Crippen LogP contribution in [0.4, 0.5) is 11.4 Å². The molecule has 0 saturated heterocycles. The molecule has 0 radical (unpaired) electrons. The van der Waals surface area contributed by atoms with Crippen LogP contribution in [0.25, 0.3) is 0 Å². The van der Waals surface area contributed by atoms with Crippen molar-refractivity contribution in [3.8, 4) is 5.75 Å². The minimum Gasteiger partial charge on any atom is -0.494 e. The molecule has 0 spiro atoms. The van der Waals surface area contributed by atoms with Gasteiger partial charge in [-0.2, -0.15) is 0 Å². The lowest BCUT2D eigenvalue weighted by molar-refractivity contribution is -0.119. The molecular formula is C13H21N3O2. The second-order valence-electron chi connectivity index (χ2n) is 3.93. The van der Waals surface area contributed by atoms with E-state index in [2.05, 4.69) is 10.6 Å². The Kier molecular flexibility index (Phi) is 5.84. The van der Waals surface area contributed by atoms with Crippen molar-refractivity contribution in [3.05, 3.63) is 18.2 Å². The number of carbonyl (C=O) groups is 1. The molecule has 0 fully saturated rings. The molecule has 0 unspecified atom stereocenters. The molecule has 0 aliphatic carbocycles. The zero-order valence-electron chi connectivity index (χ0n) is 11.0. The Hall–Kier alpha value is -1.91. The summed E-state index contributed by atoms with van der Waals surface area (Å²) in [6.45, 7) is 5.44. The summed E-state index contributed by atoms with van der Waals surface area (Å²) in [6, 6.07) is 5.36. The predicted octanol–water partition coefficient (Wildman–Crippen LogP) is 1.61. The normalized spacial score (nSPS) is 9.89. The van der Waals surface area contributed by atoms with E-state index in [1.807, 2.05) is 19.9 Å². The number of benzene rings is 1. The molecule has 1 aromatic rings. The number of ether oxygens (including phenoxy) is 1. The minimum absolute atomic E-state index is 0.0303. The third-order valence-electron chi connectivity index (χ3n) is 2.27. The third-order valence-corrected chi connectivity index (χ3v) is 2.27. The van der Waals surface area contributed by atoms with Gasteiger partial charge in [0.2, 0.25) is 5.91 Å². The lowest BCUT2D eigenvalue weighted by Crippen LogP contribution is -2.30. The molecule has 1 amide bonds. The smallest absolute Gasteiger partial charge is 0.239 e. The summed E-state index contributed by atoms with van der Waals surface area (Å²) < 4.78 is 5.38. The average Bonchev–Trinajstić information content (AvgIpc) is 2.33. The molecule has 4 N–H and O–H groups in total. The zero-order chi connectivity index (χ0) is 13.4. The van der Waals surface area contributed by atoms with Crippen LogP contribution in [-0.2, 0) is 4.79 Å². The maximum atomic E-state index is 11.4. The van der Waals surface area contributed by atoms with E-state index in [1.54, 1.807) is 12.1 Å². The molecule has 0 aliphatic heterocycles. The van der Waals surface area contributed by atoms with Crippen molar-refractivity contribution in [1.29, 1.82) is 0 Å². The first-order valence-corrected chi connectivity index (χ1v) is 6.19. The highest BCUT2D eigenvalue weighted by Crippen LogP contribution is 2.22. The van der Waals surface area contributed by atoms with Crippen molar-refractivity contribution in [2.24, 2.45) is 0 Å². The Morgan fingerprint density at radius 3 is 2.78 bits per heavy atom. The van der Waals surface area contributed by atoms with Crippen LogP contribution in [0.15, 0.2) is 18.2 Å². The molecule has 0 aliphatic rings. The summed E-state index contributed by atoms with van der Waals surface area (Å²) in [5.41, 5.74) is 7.15. The Morgan fingerprint density at radius 2 is 2.11 bits per heavy atom. The highest BCUT2D eigenvalue weighted by atomic mass is 16.5. The van der Waals surface area contributed by atoms with E-state index in [0.29, 0.717) is 24.6 Å². The molecule has 5 nitrogen and oxygen atoms in total. The largest absolute Gasteiger partial charge is 0.494 e. The Labute approximate surface area is 108 Å². The van der Waals surface area contributed by atoms with Gasteiger partial charge in [-0.1, -0.05) is 6.92 Å². The van der Waals surface area contributed by atoms with Crippen LogP contribution in [0.1, 0.15) is 20.3 Å². The van der Waals surface area contributed by atoms with Crippen molar-refractivity contribution in [1.82, 2.24) is 5.32 Å². The van der Waals surface area contributed by atoms with Gasteiger partial charge in [0.05, 0.1) is 13.2 Å². The molecule has 5 heteroatoms. The van der Waals surface area contributed by atoms with Gasteiger partial charge < -0.3 is 21.1 Å². The molecule has 1 aromatic carbocycles. The van der Waals surface area contributed by atoms with Gasteiger partial charge in [0.1, 0.15) is 5.75 Å². The standard InChI is InChI=1S/C13H21N3O2/c1-3-5-15-13(17)9-16-11-6-10(14)7-12(8-11)18-4-2/h6-8,16H,3-5,9,14H2,1-2H3,(H,15,17). The van der Waals surface area contributed by atoms with Gasteiger partial charge in [-0.05, 0) is 19.4 Å². The maximum absolute atomic E-state index is 11.4. The fourth-order valence-electron chi connectivity index (χ4n) is 1.48. The SMILES string of the molecule is CCCNC(=O)CNc1cc(N)cc(OCC)c1. The number of nitrogens with one attached hydrogen (secondary N) is 2. The van der Waals surface area contributed by atoms with Crippen LogP contribution in [0.3, 0.4) is 0 Å². The van der Waals surface area contributed by atoms with Gasteiger partial charge in [0.15, 0.2) is 0 Å². The number of nitrogen functional groups attached to an aromatic ring is 1. The second kappa shape index (κ2) is 7.42. The first-order valence-electron chi connectivity index (χ1n) is 6.19. The lowest BCUT2D eigenvalue weighted by atomic mass is 10.2. The van der Waals surface area contributed by atoms with Crippen molar-refractivity contribution in [2.45, 2.75) is 20.3 Å². The zero-order valence-corrected chi connectivity index (χ0v) is 11.0. The topological polar surface area (TPSA) is 76.4 Å². The second-order valence-corrected chi connectivity index (χ2v) is 3.93. The molecule has 0 heterocycles. The Balaban J connectivity index is 2.53. The predicted molar refractivity (Wildman–Crippen MR) is 73.8 cm³/mol. The summed E-state index contributed by atoms with van der Waals surface area (Å²) >= 11 is 0. The van der Waals surface area contributed by atoms with E-state index in [9.17, 15) is 4.79 Å². The van der Waals surface area contributed by atoms with E-state index >= 15 is 0 Å². The fourth-order valence-corrected chi connectivity index (χ4v) is 1.48. The average molecular weight is 251 g/mol. The molecule has 1 rings (SSSR count). The number of rotatable bonds is 7. The molecular weight excluding hydrogens is 230 g/mol. The van der Waals surface area contributed by atoms with Gasteiger partial charge in [-0.25, -0.2) is 0 Å². The molecule has 0 saturated carbocycles. The summed E-state index contributed by atoms with van der Waals surface area (Å²) in [4.78, 5) is 11.4. The van der Waals surface area contributed by atoms with E-state index in [1.165, 1.54) is 0 Å². The first kappa shape index (κ1) is 14.2. The van der Waals surface area contributed by atoms with Crippen molar-refractivity contribution in [3.63, 3.8) is 0 Å². The highest BCUT2D eigenvalue weighted by Gasteiger charge is 2.02. The number of hydrogen-bond donors (Lipinski definition) is 3. The van der Waals surface area contributed by atoms with Crippen LogP contribution in [0.2, 0.25) is 0 Å². The molecule has 0 aromatic heterocycles. The van der Waals surface area contributed by atoms with E-state index in [4.69, 9.17) is 10.5 Å². The highest BCUT2D eigenvalue weighted by molar-refractivity contribution is 5.81. The number of carbonyl (C=O) groups excluding carboxylic acids is 1. The van der Waals surface area contributed by atoms with Gasteiger partial charge >= 0.3 is 0 Å². The first-order chi connectivity index (χ1) is 8.65. The van der Waals surface area contributed by atoms with Gasteiger partial charge in [-0.3, -0.25) is 4.79 Å². The van der Waals surface area contributed by atoms with Crippen LogP contribution in [-0.4, -0.2) is 25.6 Å². The van der Waals surface area contributed by atoms with E-state index in [-0.39, 0.29) is 12.5 Å². The molecule has 0 bridgehead atoms. The van der Waals surface area contributed by atoms with Crippen LogP contribution >= 0.6 is 0 Å². The van der Waals surface area contributed by atoms with Crippen LogP contribution in [0.5, 0.6) is 5.75 Å². The molecule has 0 atom stereocenters. The molecule has 100 valence electrons. The summed E-state index contributed by atoms with van der Waals surface area (Å²) in [5.74, 6) is 0.672. The Bertz CT molecular complexity index is 394.